The maximum absolute atomic E-state index is 14.0. The average Bonchev–Trinajstić information content (AvgIpc) is 3.31. The van der Waals surface area contributed by atoms with Gasteiger partial charge >= 0.3 is 0 Å². The highest BCUT2D eigenvalue weighted by Crippen LogP contribution is 2.30. The molecule has 0 spiro atoms. The fourth-order valence-electron chi connectivity index (χ4n) is 5.08. The van der Waals surface area contributed by atoms with E-state index in [-0.39, 0.29) is 11.6 Å². The number of nitrogens with zero attached hydrogens (tertiary/aromatic N) is 1. The molecule has 3 aromatic carbocycles. The summed E-state index contributed by atoms with van der Waals surface area (Å²) < 4.78 is 2.22. The molecule has 1 heterocycles. The van der Waals surface area contributed by atoms with Crippen LogP contribution in [0.25, 0.3) is 5.70 Å². The van der Waals surface area contributed by atoms with Gasteiger partial charge in [-0.25, -0.2) is 0 Å². The van der Waals surface area contributed by atoms with E-state index in [2.05, 4.69) is 35.1 Å². The van der Waals surface area contributed by atoms with Gasteiger partial charge in [0.15, 0.2) is 11.6 Å². The van der Waals surface area contributed by atoms with Gasteiger partial charge in [-0.05, 0) is 55.0 Å². The molecule has 38 heavy (non-hydrogen) atoms. The lowest BCUT2D eigenvalue weighted by molar-refractivity contribution is 0.103. The van der Waals surface area contributed by atoms with Crippen LogP contribution in [0.1, 0.15) is 56.1 Å². The molecule has 1 aromatic heterocycles. The van der Waals surface area contributed by atoms with E-state index in [1.54, 1.807) is 18.2 Å². The van der Waals surface area contributed by atoms with Crippen LogP contribution in [0.15, 0.2) is 115 Å². The Morgan fingerprint density at radius 3 is 2.05 bits per heavy atom. The first-order valence-corrected chi connectivity index (χ1v) is 13.2. The van der Waals surface area contributed by atoms with Crippen molar-refractivity contribution in [1.29, 1.82) is 0 Å². The molecule has 0 saturated heterocycles. The molecule has 4 nitrogen and oxygen atoms in total. The lowest BCUT2D eigenvalue weighted by Gasteiger charge is -2.18. The number of Topliss-reactive ketones (excluding diaryl/α,β-unsaturated/α-hetero) is 1. The van der Waals surface area contributed by atoms with Crippen molar-refractivity contribution in [1.82, 2.24) is 9.88 Å². The number of carbonyl (C=O) groups is 2. The van der Waals surface area contributed by atoms with Crippen LogP contribution in [0.5, 0.6) is 0 Å². The molecule has 1 aliphatic rings. The second kappa shape index (κ2) is 11.7. The first-order chi connectivity index (χ1) is 18.6. The van der Waals surface area contributed by atoms with Crippen LogP contribution < -0.4 is 5.32 Å². The second-order valence-corrected chi connectivity index (χ2v) is 9.65. The normalized spacial score (nSPS) is 13.6. The van der Waals surface area contributed by atoms with E-state index in [4.69, 9.17) is 0 Å². The van der Waals surface area contributed by atoms with Gasteiger partial charge in [-0.3, -0.25) is 9.59 Å². The van der Waals surface area contributed by atoms with E-state index in [0.29, 0.717) is 23.2 Å². The molecule has 5 rings (SSSR count). The van der Waals surface area contributed by atoms with Crippen molar-refractivity contribution in [3.05, 3.63) is 148 Å². The minimum absolute atomic E-state index is 0.127. The van der Waals surface area contributed by atoms with Gasteiger partial charge in [-0.15, -0.1) is 0 Å². The Balaban J connectivity index is 1.65. The van der Waals surface area contributed by atoms with E-state index in [1.165, 1.54) is 30.2 Å². The molecule has 4 aromatic rings. The molecule has 4 heteroatoms. The third-order valence-electron chi connectivity index (χ3n) is 7.14. The summed E-state index contributed by atoms with van der Waals surface area (Å²) in [6.45, 7) is 0.554. The number of benzene rings is 3. The van der Waals surface area contributed by atoms with Crippen LogP contribution in [0.2, 0.25) is 0 Å². The Morgan fingerprint density at radius 2 is 1.39 bits per heavy atom. The zero-order valence-electron chi connectivity index (χ0n) is 21.7. The minimum atomic E-state index is -0.141. The van der Waals surface area contributed by atoms with Crippen molar-refractivity contribution in [2.45, 2.75) is 32.2 Å². The lowest BCUT2D eigenvalue weighted by Crippen LogP contribution is -2.19. The summed E-state index contributed by atoms with van der Waals surface area (Å²) >= 11 is 0. The minimum Gasteiger partial charge on any atom is -0.379 e. The van der Waals surface area contributed by atoms with Crippen molar-refractivity contribution >= 4 is 17.3 Å². The van der Waals surface area contributed by atoms with Gasteiger partial charge in [0.05, 0.1) is 11.4 Å². The highest BCUT2D eigenvalue weighted by atomic mass is 16.1. The van der Waals surface area contributed by atoms with E-state index >= 15 is 0 Å². The molecule has 1 N–H and O–H groups in total. The number of ketones is 2. The molecular formula is C34H32N2O2. The molecule has 0 atom stereocenters. The van der Waals surface area contributed by atoms with Crippen molar-refractivity contribution in [3.8, 4) is 0 Å². The second-order valence-electron chi connectivity index (χ2n) is 9.65. The van der Waals surface area contributed by atoms with Gasteiger partial charge in [-0.2, -0.15) is 0 Å². The number of carbonyl (C=O) groups excluding carboxylic acids is 2. The van der Waals surface area contributed by atoms with E-state index in [1.807, 2.05) is 66.7 Å². The molecule has 0 aliphatic heterocycles. The van der Waals surface area contributed by atoms with Gasteiger partial charge in [0.2, 0.25) is 0 Å². The van der Waals surface area contributed by atoms with Gasteiger partial charge < -0.3 is 9.88 Å². The summed E-state index contributed by atoms with van der Waals surface area (Å²) in [5.41, 5.74) is 7.10. The lowest BCUT2D eigenvalue weighted by atomic mass is 9.97. The number of allylic oxidation sites excluding steroid dienone is 3. The SMILES string of the molecule is Cn1c(/C(NCc2ccccc2)=C(\C=C\C(=O)c2ccccc2)C(=O)c2ccccc2)cc2c1CCCC2. The smallest absolute Gasteiger partial charge is 0.195 e. The molecule has 0 amide bonds. The van der Waals surface area contributed by atoms with Crippen molar-refractivity contribution in [2.75, 3.05) is 0 Å². The Bertz CT molecular complexity index is 1480. The third-order valence-corrected chi connectivity index (χ3v) is 7.14. The van der Waals surface area contributed by atoms with Crippen LogP contribution in [0.4, 0.5) is 0 Å². The number of hydrogen-bond acceptors (Lipinski definition) is 3. The quantitative estimate of drug-likeness (QED) is 0.158. The molecule has 190 valence electrons. The van der Waals surface area contributed by atoms with Crippen molar-refractivity contribution < 1.29 is 9.59 Å². The maximum atomic E-state index is 14.0. The molecule has 0 radical (unpaired) electrons. The number of rotatable bonds is 9. The zero-order valence-corrected chi connectivity index (χ0v) is 21.7. The van der Waals surface area contributed by atoms with Crippen LogP contribution in [-0.2, 0) is 26.4 Å². The van der Waals surface area contributed by atoms with Crippen LogP contribution in [0, 0.1) is 0 Å². The molecule has 0 bridgehead atoms. The monoisotopic (exact) mass is 500 g/mol. The van der Waals surface area contributed by atoms with Crippen LogP contribution >= 0.6 is 0 Å². The fraction of sp³-hybridized carbons (Fsp3) is 0.176. The van der Waals surface area contributed by atoms with E-state index < -0.39 is 0 Å². The highest BCUT2D eigenvalue weighted by molar-refractivity contribution is 6.16. The summed E-state index contributed by atoms with van der Waals surface area (Å²) in [5, 5.41) is 3.59. The maximum Gasteiger partial charge on any atom is 0.195 e. The van der Waals surface area contributed by atoms with Gasteiger partial charge in [-0.1, -0.05) is 91.0 Å². The number of aryl methyl sites for hydroxylation is 1. The number of hydrogen-bond donors (Lipinski definition) is 1. The fourth-order valence-corrected chi connectivity index (χ4v) is 5.08. The third kappa shape index (κ3) is 5.60. The summed E-state index contributed by atoms with van der Waals surface area (Å²) in [4.78, 5) is 27.0. The zero-order chi connectivity index (χ0) is 26.3. The highest BCUT2D eigenvalue weighted by Gasteiger charge is 2.23. The number of nitrogens with one attached hydrogen (secondary N) is 1. The summed E-state index contributed by atoms with van der Waals surface area (Å²) in [6, 6.07) is 30.8. The van der Waals surface area contributed by atoms with Crippen LogP contribution in [-0.4, -0.2) is 16.1 Å². The summed E-state index contributed by atoms with van der Waals surface area (Å²) in [6.07, 6.45) is 7.61. The van der Waals surface area contributed by atoms with Gasteiger partial charge in [0, 0.05) is 36.0 Å². The standard InChI is InChI=1S/C34H32N2O2/c1-36-30-20-12-11-19-28(30)23-31(36)33(35-24-25-13-5-2-6-14-25)29(34(38)27-17-9-4-10-18-27)21-22-32(37)26-15-7-3-8-16-26/h2-10,13-18,21-23,35H,11-12,19-20,24H2,1H3/b22-21+,33-29-. The predicted molar refractivity (Wildman–Crippen MR) is 153 cm³/mol. The molecular weight excluding hydrogens is 468 g/mol. The van der Waals surface area contributed by atoms with Crippen molar-refractivity contribution in [2.24, 2.45) is 7.05 Å². The average molecular weight is 501 g/mol. The first-order valence-electron chi connectivity index (χ1n) is 13.2. The number of aromatic nitrogens is 1. The first kappa shape index (κ1) is 25.2. The van der Waals surface area contributed by atoms with Crippen molar-refractivity contribution in [3.63, 3.8) is 0 Å². The topological polar surface area (TPSA) is 51.1 Å². The van der Waals surface area contributed by atoms with E-state index in [0.717, 1.165) is 29.8 Å². The molecule has 0 fully saturated rings. The van der Waals surface area contributed by atoms with Crippen LogP contribution in [0.3, 0.4) is 0 Å². The largest absolute Gasteiger partial charge is 0.379 e. The Kier molecular flexibility index (Phi) is 7.79. The van der Waals surface area contributed by atoms with Gasteiger partial charge in [0.1, 0.15) is 0 Å². The van der Waals surface area contributed by atoms with Gasteiger partial charge in [0.25, 0.3) is 0 Å². The summed E-state index contributed by atoms with van der Waals surface area (Å²) in [7, 11) is 2.08. The Labute approximate surface area is 224 Å². The predicted octanol–water partition coefficient (Wildman–Crippen LogP) is 6.73. The Hall–Kier alpha value is -4.44. The molecule has 1 aliphatic carbocycles. The number of fused-ring (bicyclic) bond motifs is 1. The molecule has 0 saturated carbocycles. The molecule has 0 unspecified atom stereocenters. The summed E-state index contributed by atoms with van der Waals surface area (Å²) in [5.74, 6) is -0.269. The van der Waals surface area contributed by atoms with E-state index in [9.17, 15) is 9.59 Å². The Morgan fingerprint density at radius 1 is 0.789 bits per heavy atom.